The quantitative estimate of drug-likeness (QED) is 0.502. The molecule has 4 heteroatoms. The summed E-state index contributed by atoms with van der Waals surface area (Å²) in [6.07, 6.45) is 0.0204. The average molecular weight is 175 g/mol. The first-order valence-electron chi connectivity index (χ1n) is 3.31. The molecule has 0 aliphatic carbocycles. The summed E-state index contributed by atoms with van der Waals surface area (Å²) in [5, 5.41) is 0. The molecule has 0 aromatic heterocycles. The van der Waals surface area contributed by atoms with Gasteiger partial charge in [0.2, 0.25) is 0 Å². The molecule has 0 atom stereocenters. The summed E-state index contributed by atoms with van der Waals surface area (Å²) in [6, 6.07) is 0. The van der Waals surface area contributed by atoms with Crippen molar-refractivity contribution in [2.75, 3.05) is 0 Å². The fraction of sp³-hybridized carbons (Fsp3) is 0.714. The lowest BCUT2D eigenvalue weighted by molar-refractivity contribution is -0.153. The zero-order chi connectivity index (χ0) is 9.07. The van der Waals surface area contributed by atoms with Crippen LogP contribution < -0.4 is 5.73 Å². The molecule has 0 aliphatic heterocycles. The number of nitrogens with two attached hydrogens (primary N) is 1. The van der Waals surface area contributed by atoms with Crippen molar-refractivity contribution >= 4 is 23.2 Å². The molecular weight excluding hydrogens is 162 g/mol. The van der Waals surface area contributed by atoms with Crippen molar-refractivity contribution in [3.8, 4) is 0 Å². The van der Waals surface area contributed by atoms with Gasteiger partial charge in [-0.05, 0) is 20.8 Å². The second-order valence-corrected chi connectivity index (χ2v) is 3.75. The number of hydrogen-bond donors (Lipinski definition) is 1. The van der Waals surface area contributed by atoms with Crippen LogP contribution in [-0.2, 0) is 9.53 Å². The fourth-order valence-electron chi connectivity index (χ4n) is 0.520. The normalized spacial score (nSPS) is 10.8. The molecule has 0 spiro atoms. The van der Waals surface area contributed by atoms with E-state index >= 15 is 0 Å². The van der Waals surface area contributed by atoms with Gasteiger partial charge in [-0.15, -0.1) is 0 Å². The van der Waals surface area contributed by atoms with Crippen molar-refractivity contribution in [2.45, 2.75) is 32.8 Å². The summed E-state index contributed by atoms with van der Waals surface area (Å²) in [5.74, 6) is -0.370. The van der Waals surface area contributed by atoms with Crippen molar-refractivity contribution in [1.29, 1.82) is 0 Å². The molecule has 0 rings (SSSR count). The van der Waals surface area contributed by atoms with Gasteiger partial charge in [-0.25, -0.2) is 0 Å². The van der Waals surface area contributed by atoms with Gasteiger partial charge in [0.05, 0.1) is 11.4 Å². The molecule has 0 aromatic rings. The lowest BCUT2D eigenvalue weighted by Crippen LogP contribution is -2.26. The van der Waals surface area contributed by atoms with Gasteiger partial charge in [-0.3, -0.25) is 4.79 Å². The molecule has 0 fully saturated rings. The first kappa shape index (κ1) is 10.4. The molecule has 0 bridgehead atoms. The Kier molecular flexibility index (Phi) is 3.45. The van der Waals surface area contributed by atoms with Gasteiger partial charge >= 0.3 is 5.97 Å². The van der Waals surface area contributed by atoms with E-state index in [0.29, 0.717) is 0 Å². The topological polar surface area (TPSA) is 52.3 Å². The third-order valence-electron chi connectivity index (χ3n) is 0.739. The third kappa shape index (κ3) is 7.25. The predicted octanol–water partition coefficient (Wildman–Crippen LogP) is 1.00. The lowest BCUT2D eigenvalue weighted by atomic mass is 10.2. The Balaban J connectivity index is 3.80. The van der Waals surface area contributed by atoms with Gasteiger partial charge in [0, 0.05) is 0 Å². The highest BCUT2D eigenvalue weighted by Gasteiger charge is 2.16. The van der Waals surface area contributed by atoms with Gasteiger partial charge in [0.15, 0.2) is 0 Å². The molecular formula is C7H13NO2S. The van der Waals surface area contributed by atoms with E-state index in [1.54, 1.807) is 20.8 Å². The Bertz CT molecular complexity index is 172. The monoisotopic (exact) mass is 175 g/mol. The zero-order valence-corrected chi connectivity index (χ0v) is 7.83. The van der Waals surface area contributed by atoms with Crippen LogP contribution in [0.1, 0.15) is 27.2 Å². The molecule has 0 saturated heterocycles. The Morgan fingerprint density at radius 3 is 2.27 bits per heavy atom. The molecule has 0 amide bonds. The van der Waals surface area contributed by atoms with Crippen molar-refractivity contribution < 1.29 is 9.53 Å². The van der Waals surface area contributed by atoms with Crippen LogP contribution in [0.3, 0.4) is 0 Å². The number of hydrogen-bond acceptors (Lipinski definition) is 3. The predicted molar refractivity (Wildman–Crippen MR) is 47.2 cm³/mol. The molecule has 0 radical (unpaired) electrons. The van der Waals surface area contributed by atoms with Crippen LogP contribution in [0.4, 0.5) is 0 Å². The summed E-state index contributed by atoms with van der Waals surface area (Å²) in [5.41, 5.74) is 4.69. The molecule has 0 unspecified atom stereocenters. The lowest BCUT2D eigenvalue weighted by Gasteiger charge is -2.18. The number of ether oxygens (including phenoxy) is 1. The first-order valence-corrected chi connectivity index (χ1v) is 3.72. The highest BCUT2D eigenvalue weighted by Crippen LogP contribution is 2.07. The molecule has 2 N–H and O–H groups in total. The Morgan fingerprint density at radius 2 is 2.00 bits per heavy atom. The standard InChI is InChI=1S/C7H13NO2S/c1-7(2,3)10-6(9)4-5(8)11/h4H2,1-3H3,(H2,8,11). The van der Waals surface area contributed by atoms with E-state index in [-0.39, 0.29) is 17.4 Å². The Hall–Kier alpha value is -0.640. The third-order valence-corrected chi connectivity index (χ3v) is 0.883. The number of carbonyl (C=O) groups is 1. The zero-order valence-electron chi connectivity index (χ0n) is 7.01. The van der Waals surface area contributed by atoms with E-state index in [1.165, 1.54) is 0 Å². The van der Waals surface area contributed by atoms with Crippen LogP contribution in [0.15, 0.2) is 0 Å². The SMILES string of the molecule is CC(C)(C)OC(=O)CC(N)=S. The molecule has 0 saturated carbocycles. The first-order chi connectivity index (χ1) is 4.81. The largest absolute Gasteiger partial charge is 0.460 e. The minimum absolute atomic E-state index is 0.0204. The molecule has 0 aliphatic rings. The summed E-state index contributed by atoms with van der Waals surface area (Å²) in [4.78, 5) is 11.0. The van der Waals surface area contributed by atoms with Crippen LogP contribution in [0.2, 0.25) is 0 Å². The van der Waals surface area contributed by atoms with E-state index in [4.69, 9.17) is 10.5 Å². The van der Waals surface area contributed by atoms with Crippen LogP contribution in [0.5, 0.6) is 0 Å². The molecule has 11 heavy (non-hydrogen) atoms. The summed E-state index contributed by atoms with van der Waals surface area (Å²) >= 11 is 4.54. The summed E-state index contributed by atoms with van der Waals surface area (Å²) in [7, 11) is 0. The van der Waals surface area contributed by atoms with E-state index in [1.807, 2.05) is 0 Å². The number of esters is 1. The van der Waals surface area contributed by atoms with Gasteiger partial charge < -0.3 is 10.5 Å². The van der Waals surface area contributed by atoms with E-state index < -0.39 is 5.60 Å². The molecule has 3 nitrogen and oxygen atoms in total. The molecule has 0 heterocycles. The van der Waals surface area contributed by atoms with Crippen molar-refractivity contribution in [3.05, 3.63) is 0 Å². The second-order valence-electron chi connectivity index (χ2n) is 3.23. The Labute approximate surface area is 71.9 Å². The maximum atomic E-state index is 10.9. The van der Waals surface area contributed by atoms with Crippen LogP contribution in [-0.4, -0.2) is 16.6 Å². The van der Waals surface area contributed by atoms with Gasteiger partial charge in [-0.1, -0.05) is 12.2 Å². The van der Waals surface area contributed by atoms with Gasteiger partial charge in [0.1, 0.15) is 5.60 Å². The maximum Gasteiger partial charge on any atom is 0.313 e. The number of thiocarbonyl (C=S) groups is 1. The van der Waals surface area contributed by atoms with Crippen LogP contribution >= 0.6 is 12.2 Å². The van der Waals surface area contributed by atoms with E-state index in [0.717, 1.165) is 0 Å². The van der Waals surface area contributed by atoms with E-state index in [2.05, 4.69) is 12.2 Å². The molecule has 64 valence electrons. The second kappa shape index (κ2) is 3.67. The highest BCUT2D eigenvalue weighted by atomic mass is 32.1. The minimum atomic E-state index is -0.456. The average Bonchev–Trinajstić information content (AvgIpc) is 1.53. The minimum Gasteiger partial charge on any atom is -0.460 e. The van der Waals surface area contributed by atoms with Crippen LogP contribution in [0.25, 0.3) is 0 Å². The molecule has 0 aromatic carbocycles. The van der Waals surface area contributed by atoms with Crippen molar-refractivity contribution in [1.82, 2.24) is 0 Å². The number of rotatable bonds is 2. The number of carbonyl (C=O) groups excluding carboxylic acids is 1. The summed E-state index contributed by atoms with van der Waals surface area (Å²) < 4.78 is 4.94. The fourth-order valence-corrected chi connectivity index (χ4v) is 0.638. The maximum absolute atomic E-state index is 10.9. The van der Waals surface area contributed by atoms with E-state index in [9.17, 15) is 4.79 Å². The van der Waals surface area contributed by atoms with Gasteiger partial charge in [-0.2, -0.15) is 0 Å². The summed E-state index contributed by atoms with van der Waals surface area (Å²) in [6.45, 7) is 5.39. The van der Waals surface area contributed by atoms with Gasteiger partial charge in [0.25, 0.3) is 0 Å². The highest BCUT2D eigenvalue weighted by molar-refractivity contribution is 7.80. The van der Waals surface area contributed by atoms with Crippen molar-refractivity contribution in [2.24, 2.45) is 5.73 Å². The van der Waals surface area contributed by atoms with Crippen LogP contribution in [0, 0.1) is 0 Å². The van der Waals surface area contributed by atoms with Crippen molar-refractivity contribution in [3.63, 3.8) is 0 Å². The Morgan fingerprint density at radius 1 is 1.55 bits per heavy atom. The smallest absolute Gasteiger partial charge is 0.313 e.